The minimum absolute atomic E-state index is 0.898. The van der Waals surface area contributed by atoms with Crippen molar-refractivity contribution in [3.05, 3.63) is 212 Å². The zero-order valence-corrected chi connectivity index (χ0v) is 31.5. The second-order valence-electron chi connectivity index (χ2n) is 15.1. The van der Waals surface area contributed by atoms with Crippen LogP contribution in [-0.2, 0) is 0 Å². The minimum Gasteiger partial charge on any atom is -0.309 e. The molecule has 0 unspecified atom stereocenters. The smallest absolute Gasteiger partial charge is 0.145 e. The van der Waals surface area contributed by atoms with Crippen LogP contribution in [0.3, 0.4) is 0 Å². The lowest BCUT2D eigenvalue weighted by Crippen LogP contribution is -2.00. The van der Waals surface area contributed by atoms with Gasteiger partial charge in [-0.15, -0.1) is 0 Å². The number of rotatable bonds is 5. The molecule has 0 atom stereocenters. The third-order valence-corrected chi connectivity index (χ3v) is 11.9. The first kappa shape index (κ1) is 32.5. The molecule has 0 aliphatic heterocycles. The van der Waals surface area contributed by atoms with E-state index in [2.05, 4.69) is 221 Å². The molecule has 0 N–H and O–H groups in total. The molecule has 58 heavy (non-hydrogen) atoms. The SMILES string of the molecule is c1ccc(-n2c(-c3ccc(-n4c5ccccc5c5ccccc54)cc3)nc3c(-c4ccc5ccccc5c4)c4ccccc4c(-c4ccc5ccccc5c4)c32)cc1. The summed E-state index contributed by atoms with van der Waals surface area (Å²) in [5, 5.41) is 9.74. The van der Waals surface area contributed by atoms with Crippen LogP contribution < -0.4 is 0 Å². The zero-order valence-electron chi connectivity index (χ0n) is 31.5. The highest BCUT2D eigenvalue weighted by atomic mass is 15.1. The van der Waals surface area contributed by atoms with Crippen molar-refractivity contribution in [2.75, 3.05) is 0 Å². The molecule has 0 saturated heterocycles. The van der Waals surface area contributed by atoms with Gasteiger partial charge in [-0.1, -0.05) is 152 Å². The number of fused-ring (bicyclic) bond motifs is 7. The van der Waals surface area contributed by atoms with Gasteiger partial charge in [-0.05, 0) is 104 Å². The molecule has 2 aromatic heterocycles. The Balaban J connectivity index is 1.19. The van der Waals surface area contributed by atoms with E-state index >= 15 is 0 Å². The Morgan fingerprint density at radius 3 is 1.36 bits per heavy atom. The van der Waals surface area contributed by atoms with Gasteiger partial charge in [0, 0.05) is 38.8 Å². The summed E-state index contributed by atoms with van der Waals surface area (Å²) in [7, 11) is 0. The molecule has 270 valence electrons. The molecule has 0 aliphatic carbocycles. The molecule has 12 aromatic rings. The van der Waals surface area contributed by atoms with Crippen LogP contribution >= 0.6 is 0 Å². The Kier molecular flexibility index (Phi) is 7.23. The van der Waals surface area contributed by atoms with Crippen molar-refractivity contribution in [1.82, 2.24) is 14.1 Å². The molecule has 12 rings (SSSR count). The fraction of sp³-hybridized carbons (Fsp3) is 0. The molecule has 3 nitrogen and oxygen atoms in total. The summed E-state index contributed by atoms with van der Waals surface area (Å²) in [5.74, 6) is 0.898. The molecule has 0 bridgehead atoms. The molecule has 0 saturated carbocycles. The maximum atomic E-state index is 5.76. The monoisotopic (exact) mass is 737 g/mol. The Hall–Kier alpha value is -7.75. The molecule has 0 radical (unpaired) electrons. The van der Waals surface area contributed by atoms with Gasteiger partial charge in [0.1, 0.15) is 5.82 Å². The molecule has 2 heterocycles. The molecule has 3 heteroatoms. The Morgan fingerprint density at radius 2 is 0.759 bits per heavy atom. The fourth-order valence-corrected chi connectivity index (χ4v) is 9.26. The average Bonchev–Trinajstić information content (AvgIpc) is 3.85. The summed E-state index contributed by atoms with van der Waals surface area (Å²) in [5.41, 5.74) is 12.3. The van der Waals surface area contributed by atoms with E-state index in [9.17, 15) is 0 Å². The van der Waals surface area contributed by atoms with Gasteiger partial charge < -0.3 is 4.57 Å². The summed E-state index contributed by atoms with van der Waals surface area (Å²) in [4.78, 5) is 5.76. The van der Waals surface area contributed by atoms with Crippen LogP contribution in [0, 0.1) is 0 Å². The largest absolute Gasteiger partial charge is 0.309 e. The van der Waals surface area contributed by atoms with Crippen LogP contribution in [0.1, 0.15) is 0 Å². The predicted octanol–water partition coefficient (Wildman–Crippen LogP) is 14.6. The molecule has 0 spiro atoms. The highest BCUT2D eigenvalue weighted by Crippen LogP contribution is 2.47. The highest BCUT2D eigenvalue weighted by molar-refractivity contribution is 6.21. The second kappa shape index (κ2) is 12.9. The van der Waals surface area contributed by atoms with Crippen LogP contribution in [0.4, 0.5) is 0 Å². The number of imidazole rings is 1. The van der Waals surface area contributed by atoms with Gasteiger partial charge in [-0.2, -0.15) is 0 Å². The Labute approximate surface area is 335 Å². The van der Waals surface area contributed by atoms with Crippen molar-refractivity contribution in [1.29, 1.82) is 0 Å². The Bertz CT molecular complexity index is 3500. The van der Waals surface area contributed by atoms with Crippen molar-refractivity contribution < 1.29 is 0 Å². The van der Waals surface area contributed by atoms with Crippen molar-refractivity contribution >= 4 is 65.2 Å². The third kappa shape index (κ3) is 4.97. The summed E-state index contributed by atoms with van der Waals surface area (Å²) in [6.07, 6.45) is 0. The number of nitrogens with zero attached hydrogens (tertiary/aromatic N) is 3. The van der Waals surface area contributed by atoms with E-state index in [1.165, 1.54) is 59.7 Å². The standard InChI is InChI=1S/C55H35N3/c1-2-18-43(19-3-1)58-54-52(42-29-27-37-15-5-7-17-40(37)35-42)48-23-9-8-22-47(48)51(41-28-26-36-14-4-6-16-39(36)34-41)53(54)56-55(58)38-30-32-44(33-31-38)57-49-24-12-10-20-45(49)46-21-11-13-25-50(46)57/h1-35H. The molecular formula is C55H35N3. The van der Waals surface area contributed by atoms with Crippen LogP contribution in [0.25, 0.3) is 110 Å². The zero-order chi connectivity index (χ0) is 38.2. The number of hydrogen-bond acceptors (Lipinski definition) is 1. The van der Waals surface area contributed by atoms with E-state index in [-0.39, 0.29) is 0 Å². The van der Waals surface area contributed by atoms with Crippen molar-refractivity contribution in [3.63, 3.8) is 0 Å². The first-order valence-electron chi connectivity index (χ1n) is 19.9. The van der Waals surface area contributed by atoms with E-state index in [0.29, 0.717) is 0 Å². The van der Waals surface area contributed by atoms with Crippen molar-refractivity contribution in [2.24, 2.45) is 0 Å². The van der Waals surface area contributed by atoms with Crippen LogP contribution in [0.2, 0.25) is 0 Å². The fourth-order valence-electron chi connectivity index (χ4n) is 9.26. The lowest BCUT2D eigenvalue weighted by atomic mass is 9.89. The van der Waals surface area contributed by atoms with Crippen molar-refractivity contribution in [2.45, 2.75) is 0 Å². The maximum absolute atomic E-state index is 5.76. The summed E-state index contributed by atoms with van der Waals surface area (Å²) < 4.78 is 4.77. The maximum Gasteiger partial charge on any atom is 0.145 e. The number of benzene rings is 10. The van der Waals surface area contributed by atoms with Crippen LogP contribution in [0.15, 0.2) is 212 Å². The van der Waals surface area contributed by atoms with Gasteiger partial charge in [0.15, 0.2) is 0 Å². The van der Waals surface area contributed by atoms with Crippen LogP contribution in [-0.4, -0.2) is 14.1 Å². The second-order valence-corrected chi connectivity index (χ2v) is 15.1. The van der Waals surface area contributed by atoms with Gasteiger partial charge in [0.2, 0.25) is 0 Å². The third-order valence-electron chi connectivity index (χ3n) is 11.9. The first-order chi connectivity index (χ1) is 28.8. The van der Waals surface area contributed by atoms with Crippen LogP contribution in [0.5, 0.6) is 0 Å². The van der Waals surface area contributed by atoms with E-state index < -0.39 is 0 Å². The van der Waals surface area contributed by atoms with Gasteiger partial charge in [-0.3, -0.25) is 4.57 Å². The summed E-state index contributed by atoms with van der Waals surface area (Å²) >= 11 is 0. The summed E-state index contributed by atoms with van der Waals surface area (Å²) in [6, 6.07) is 76.9. The molecule has 10 aromatic carbocycles. The lowest BCUT2D eigenvalue weighted by Gasteiger charge is -2.18. The highest BCUT2D eigenvalue weighted by Gasteiger charge is 2.25. The predicted molar refractivity (Wildman–Crippen MR) is 244 cm³/mol. The van der Waals surface area contributed by atoms with E-state index in [1.807, 2.05) is 0 Å². The molecule has 0 amide bonds. The Morgan fingerprint density at radius 1 is 0.310 bits per heavy atom. The van der Waals surface area contributed by atoms with Crippen molar-refractivity contribution in [3.8, 4) is 45.0 Å². The number of para-hydroxylation sites is 3. The van der Waals surface area contributed by atoms with E-state index in [0.717, 1.165) is 50.5 Å². The molecule has 0 aliphatic rings. The van der Waals surface area contributed by atoms with Gasteiger partial charge in [0.25, 0.3) is 0 Å². The molecular weight excluding hydrogens is 703 g/mol. The lowest BCUT2D eigenvalue weighted by molar-refractivity contribution is 1.10. The number of aromatic nitrogens is 3. The average molecular weight is 738 g/mol. The molecule has 0 fully saturated rings. The van der Waals surface area contributed by atoms with Gasteiger partial charge in [0.05, 0.1) is 22.1 Å². The number of hydrogen-bond donors (Lipinski definition) is 0. The van der Waals surface area contributed by atoms with E-state index in [1.54, 1.807) is 0 Å². The normalized spacial score (nSPS) is 11.8. The van der Waals surface area contributed by atoms with Gasteiger partial charge in [-0.25, -0.2) is 4.98 Å². The quantitative estimate of drug-likeness (QED) is 0.172. The van der Waals surface area contributed by atoms with E-state index in [4.69, 9.17) is 4.98 Å². The minimum atomic E-state index is 0.898. The summed E-state index contributed by atoms with van der Waals surface area (Å²) in [6.45, 7) is 0. The topological polar surface area (TPSA) is 22.8 Å². The first-order valence-corrected chi connectivity index (χ1v) is 19.9. The van der Waals surface area contributed by atoms with Gasteiger partial charge >= 0.3 is 0 Å².